The van der Waals surface area contributed by atoms with Crippen molar-refractivity contribution < 1.29 is 4.74 Å². The molecule has 3 nitrogen and oxygen atoms in total. The van der Waals surface area contributed by atoms with Crippen molar-refractivity contribution in [1.29, 1.82) is 0 Å². The van der Waals surface area contributed by atoms with E-state index >= 15 is 0 Å². The lowest BCUT2D eigenvalue weighted by Gasteiger charge is -2.43. The van der Waals surface area contributed by atoms with E-state index in [4.69, 9.17) is 10.5 Å². The zero-order valence-corrected chi connectivity index (χ0v) is 12.1. The summed E-state index contributed by atoms with van der Waals surface area (Å²) in [6, 6.07) is 11.5. The summed E-state index contributed by atoms with van der Waals surface area (Å²) in [5.74, 6) is 0.484. The first-order chi connectivity index (χ1) is 9.24. The zero-order valence-electron chi connectivity index (χ0n) is 12.1. The van der Waals surface area contributed by atoms with Crippen LogP contribution in [0.5, 0.6) is 0 Å². The van der Waals surface area contributed by atoms with E-state index in [1.54, 1.807) is 0 Å². The molecule has 19 heavy (non-hydrogen) atoms. The molecule has 3 heteroatoms. The molecular formula is C16H26N2O. The van der Waals surface area contributed by atoms with Gasteiger partial charge in [-0.2, -0.15) is 0 Å². The molecule has 0 aromatic heterocycles. The Bertz CT molecular complexity index is 368. The summed E-state index contributed by atoms with van der Waals surface area (Å²) in [4.78, 5) is 2.53. The van der Waals surface area contributed by atoms with E-state index in [-0.39, 0.29) is 0 Å². The number of hydrogen-bond acceptors (Lipinski definition) is 3. The average Bonchev–Trinajstić information content (AvgIpc) is 2.44. The molecule has 0 aliphatic carbocycles. The second kappa shape index (κ2) is 7.04. The van der Waals surface area contributed by atoms with Crippen molar-refractivity contribution in [1.82, 2.24) is 4.90 Å². The van der Waals surface area contributed by atoms with Crippen molar-refractivity contribution in [2.24, 2.45) is 11.7 Å². The quantitative estimate of drug-likeness (QED) is 0.828. The Hall–Kier alpha value is -0.900. The monoisotopic (exact) mass is 262 g/mol. The van der Waals surface area contributed by atoms with Crippen LogP contribution in [0.4, 0.5) is 0 Å². The van der Waals surface area contributed by atoms with E-state index in [1.807, 2.05) is 6.92 Å². The average molecular weight is 262 g/mol. The molecule has 1 saturated heterocycles. The minimum Gasteiger partial charge on any atom is -0.380 e. The number of likely N-dealkylation sites (tertiary alicyclic amines) is 1. The van der Waals surface area contributed by atoms with Crippen molar-refractivity contribution in [3.8, 4) is 0 Å². The molecule has 1 aliphatic heterocycles. The minimum absolute atomic E-state index is 0.300. The van der Waals surface area contributed by atoms with Crippen molar-refractivity contribution in [2.75, 3.05) is 26.3 Å². The molecule has 1 aliphatic rings. The van der Waals surface area contributed by atoms with E-state index in [0.29, 0.717) is 18.0 Å². The van der Waals surface area contributed by atoms with Crippen LogP contribution in [-0.2, 0) is 4.74 Å². The summed E-state index contributed by atoms with van der Waals surface area (Å²) < 4.78 is 5.51. The minimum atomic E-state index is 0.300. The lowest BCUT2D eigenvalue weighted by Crippen LogP contribution is -2.48. The highest BCUT2D eigenvalue weighted by Gasteiger charge is 2.33. The van der Waals surface area contributed by atoms with Crippen LogP contribution in [0.2, 0.25) is 0 Å². The van der Waals surface area contributed by atoms with E-state index < -0.39 is 0 Å². The van der Waals surface area contributed by atoms with Gasteiger partial charge in [-0.1, -0.05) is 37.3 Å². The fraction of sp³-hybridized carbons (Fsp3) is 0.625. The zero-order chi connectivity index (χ0) is 13.7. The molecule has 2 N–H and O–H groups in total. The molecular weight excluding hydrogens is 236 g/mol. The highest BCUT2D eigenvalue weighted by molar-refractivity contribution is 5.21. The molecule has 106 valence electrons. The molecule has 0 spiro atoms. The Morgan fingerprint density at radius 2 is 2.05 bits per heavy atom. The summed E-state index contributed by atoms with van der Waals surface area (Å²) in [5.41, 5.74) is 7.64. The number of ether oxygens (including phenoxy) is 1. The largest absolute Gasteiger partial charge is 0.380 e. The summed E-state index contributed by atoms with van der Waals surface area (Å²) in [6.45, 7) is 7.97. The van der Waals surface area contributed by atoms with Gasteiger partial charge < -0.3 is 10.5 Å². The van der Waals surface area contributed by atoms with Crippen molar-refractivity contribution in [3.05, 3.63) is 35.9 Å². The van der Waals surface area contributed by atoms with Crippen LogP contribution in [0.3, 0.4) is 0 Å². The Morgan fingerprint density at radius 3 is 2.74 bits per heavy atom. The predicted octanol–water partition coefficient (Wildman–Crippen LogP) is 2.43. The number of nitrogens with two attached hydrogens (primary N) is 1. The Labute approximate surface area is 116 Å². The van der Waals surface area contributed by atoms with Crippen molar-refractivity contribution in [2.45, 2.75) is 32.4 Å². The van der Waals surface area contributed by atoms with E-state index in [9.17, 15) is 0 Å². The lowest BCUT2D eigenvalue weighted by atomic mass is 9.83. The summed E-state index contributed by atoms with van der Waals surface area (Å²) in [7, 11) is 0. The fourth-order valence-corrected chi connectivity index (χ4v) is 3.03. The number of rotatable bonds is 5. The second-order valence-electron chi connectivity index (χ2n) is 5.40. The Kier molecular flexibility index (Phi) is 5.37. The molecule has 0 saturated carbocycles. The lowest BCUT2D eigenvalue weighted by molar-refractivity contribution is 0.0464. The smallest absolute Gasteiger partial charge is 0.0593 e. The first-order valence-electron chi connectivity index (χ1n) is 7.36. The number of benzene rings is 1. The topological polar surface area (TPSA) is 38.5 Å². The summed E-state index contributed by atoms with van der Waals surface area (Å²) >= 11 is 0. The third-order valence-corrected chi connectivity index (χ3v) is 4.18. The van der Waals surface area contributed by atoms with Gasteiger partial charge in [-0.3, -0.25) is 4.90 Å². The van der Waals surface area contributed by atoms with Gasteiger partial charge in [-0.25, -0.2) is 0 Å². The normalized spacial score (nSPS) is 28.5. The maximum Gasteiger partial charge on any atom is 0.0593 e. The van der Waals surface area contributed by atoms with Crippen LogP contribution in [0.1, 0.15) is 31.9 Å². The molecule has 1 heterocycles. The third kappa shape index (κ3) is 3.56. The molecule has 1 aromatic carbocycles. The van der Waals surface area contributed by atoms with Gasteiger partial charge in [0.15, 0.2) is 0 Å². The third-order valence-electron chi connectivity index (χ3n) is 4.18. The van der Waals surface area contributed by atoms with Gasteiger partial charge >= 0.3 is 0 Å². The molecule has 3 atom stereocenters. The number of piperidine rings is 1. The van der Waals surface area contributed by atoms with Gasteiger partial charge in [-0.15, -0.1) is 0 Å². The molecule has 1 unspecified atom stereocenters. The van der Waals surface area contributed by atoms with E-state index in [1.165, 1.54) is 5.56 Å². The molecule has 0 radical (unpaired) electrons. The van der Waals surface area contributed by atoms with Crippen LogP contribution in [0.15, 0.2) is 30.3 Å². The maximum atomic E-state index is 6.27. The second-order valence-corrected chi connectivity index (χ2v) is 5.40. The summed E-state index contributed by atoms with van der Waals surface area (Å²) in [5, 5.41) is 0. The predicted molar refractivity (Wildman–Crippen MR) is 79.0 cm³/mol. The molecule has 0 amide bonds. The van der Waals surface area contributed by atoms with Gasteiger partial charge in [0.25, 0.3) is 0 Å². The van der Waals surface area contributed by atoms with Gasteiger partial charge in [0.1, 0.15) is 0 Å². The Morgan fingerprint density at radius 1 is 1.32 bits per heavy atom. The van der Waals surface area contributed by atoms with Crippen molar-refractivity contribution >= 4 is 0 Å². The Balaban J connectivity index is 2.11. The molecule has 1 aromatic rings. The van der Waals surface area contributed by atoms with Gasteiger partial charge in [0, 0.05) is 31.8 Å². The van der Waals surface area contributed by atoms with Crippen molar-refractivity contribution in [3.63, 3.8) is 0 Å². The number of nitrogens with zero attached hydrogens (tertiary/aromatic N) is 1. The van der Waals surface area contributed by atoms with Crippen LogP contribution in [0, 0.1) is 5.92 Å². The standard InChI is InChI=1S/C16H26N2O/c1-3-19-12-11-18-10-9-15(17)13(2)16(18)14-7-5-4-6-8-14/h4-8,13,15-16H,3,9-12,17H2,1-2H3/t13-,15-,16?/m1/s1. The van der Waals surface area contributed by atoms with Crippen LogP contribution < -0.4 is 5.73 Å². The first kappa shape index (κ1) is 14.5. The van der Waals surface area contributed by atoms with Gasteiger partial charge in [0.2, 0.25) is 0 Å². The van der Waals surface area contributed by atoms with Gasteiger partial charge in [-0.05, 0) is 24.8 Å². The fourth-order valence-electron chi connectivity index (χ4n) is 3.03. The SMILES string of the molecule is CCOCCN1CC[C@@H](N)[C@@H](C)C1c1ccccc1. The molecule has 0 bridgehead atoms. The van der Waals surface area contributed by atoms with Crippen LogP contribution in [-0.4, -0.2) is 37.2 Å². The number of hydrogen-bond donors (Lipinski definition) is 1. The van der Waals surface area contributed by atoms with E-state index in [2.05, 4.69) is 42.2 Å². The van der Waals surface area contributed by atoms with Gasteiger partial charge in [0.05, 0.1) is 6.61 Å². The first-order valence-corrected chi connectivity index (χ1v) is 7.36. The maximum absolute atomic E-state index is 6.27. The highest BCUT2D eigenvalue weighted by atomic mass is 16.5. The summed E-state index contributed by atoms with van der Waals surface area (Å²) in [6.07, 6.45) is 1.08. The molecule has 1 fully saturated rings. The highest BCUT2D eigenvalue weighted by Crippen LogP contribution is 2.34. The van der Waals surface area contributed by atoms with E-state index in [0.717, 1.165) is 32.7 Å². The van der Waals surface area contributed by atoms with Crippen LogP contribution in [0.25, 0.3) is 0 Å². The molecule has 2 rings (SSSR count). The van der Waals surface area contributed by atoms with Crippen LogP contribution >= 0.6 is 0 Å².